The minimum atomic E-state index is 0.239. The van der Waals surface area contributed by atoms with Gasteiger partial charge in [-0.05, 0) is 39.3 Å². The third-order valence-electron chi connectivity index (χ3n) is 3.87. The molecule has 1 aromatic heterocycles. The highest BCUT2D eigenvalue weighted by molar-refractivity contribution is 5.49. The Bertz CT molecular complexity index is 604. The van der Waals surface area contributed by atoms with Crippen LogP contribution in [0.2, 0.25) is 0 Å². The van der Waals surface area contributed by atoms with Crippen molar-refractivity contribution in [1.82, 2.24) is 9.78 Å². The van der Waals surface area contributed by atoms with Gasteiger partial charge in [-0.1, -0.05) is 13.0 Å². The number of hydrogen-bond donors (Lipinski definition) is 1. The maximum absolute atomic E-state index is 5.85. The quantitative estimate of drug-likeness (QED) is 0.877. The molecule has 0 saturated carbocycles. The van der Waals surface area contributed by atoms with E-state index in [0.29, 0.717) is 0 Å². The number of aromatic nitrogens is 2. The summed E-state index contributed by atoms with van der Waals surface area (Å²) in [4.78, 5) is 0. The minimum Gasteiger partial charge on any atom is -0.491 e. The summed E-state index contributed by atoms with van der Waals surface area (Å²) in [6, 6.07) is 8.12. The molecule has 0 amide bonds. The number of aryl methyl sites for hydroxylation is 2. The Kier molecular flexibility index (Phi) is 4.89. The molecule has 0 aliphatic heterocycles. The highest BCUT2D eigenvalue weighted by Gasteiger charge is 2.09. The fourth-order valence-corrected chi connectivity index (χ4v) is 2.26. The predicted octanol–water partition coefficient (Wildman–Crippen LogP) is 3.83. The summed E-state index contributed by atoms with van der Waals surface area (Å²) < 4.78 is 7.78. The lowest BCUT2D eigenvalue weighted by atomic mass is 10.2. The first kappa shape index (κ1) is 15.4. The van der Waals surface area contributed by atoms with E-state index in [4.69, 9.17) is 4.74 Å². The van der Waals surface area contributed by atoms with Crippen LogP contribution < -0.4 is 10.1 Å². The van der Waals surface area contributed by atoms with Crippen molar-refractivity contribution in [2.75, 3.05) is 5.32 Å². The summed E-state index contributed by atoms with van der Waals surface area (Å²) in [5, 5.41) is 7.90. The molecule has 114 valence electrons. The first-order valence-electron chi connectivity index (χ1n) is 7.51. The number of hydrogen-bond acceptors (Lipinski definition) is 3. The number of ether oxygens (including phenoxy) is 1. The van der Waals surface area contributed by atoms with Crippen molar-refractivity contribution in [3.8, 4) is 5.75 Å². The second kappa shape index (κ2) is 6.66. The van der Waals surface area contributed by atoms with Gasteiger partial charge in [0.05, 0.1) is 11.8 Å². The van der Waals surface area contributed by atoms with Crippen molar-refractivity contribution >= 4 is 5.69 Å². The van der Waals surface area contributed by atoms with E-state index in [1.165, 1.54) is 11.3 Å². The molecule has 4 heteroatoms. The highest BCUT2D eigenvalue weighted by Crippen LogP contribution is 2.21. The average molecular weight is 287 g/mol. The number of nitrogens with one attached hydrogen (secondary N) is 1. The number of benzene rings is 1. The minimum absolute atomic E-state index is 0.239. The molecule has 4 nitrogen and oxygen atoms in total. The molecule has 1 unspecified atom stereocenters. The van der Waals surface area contributed by atoms with E-state index in [9.17, 15) is 0 Å². The van der Waals surface area contributed by atoms with Gasteiger partial charge in [0.15, 0.2) is 0 Å². The van der Waals surface area contributed by atoms with Crippen LogP contribution in [0.4, 0.5) is 5.69 Å². The lowest BCUT2D eigenvalue weighted by molar-refractivity contribution is 0.217. The molecular weight excluding hydrogens is 262 g/mol. The molecule has 2 aromatic rings. The molecule has 0 fully saturated rings. The third-order valence-corrected chi connectivity index (χ3v) is 3.87. The molecule has 1 N–H and O–H groups in total. The third kappa shape index (κ3) is 3.78. The van der Waals surface area contributed by atoms with E-state index in [0.717, 1.165) is 30.1 Å². The normalized spacial score (nSPS) is 12.2. The Morgan fingerprint density at radius 3 is 2.71 bits per heavy atom. The van der Waals surface area contributed by atoms with Crippen LogP contribution in [0.1, 0.15) is 37.2 Å². The van der Waals surface area contributed by atoms with Crippen LogP contribution in [-0.2, 0) is 13.6 Å². The molecule has 2 rings (SSSR count). The van der Waals surface area contributed by atoms with Crippen molar-refractivity contribution < 1.29 is 4.74 Å². The van der Waals surface area contributed by atoms with Crippen molar-refractivity contribution in [1.29, 1.82) is 0 Å². The lowest BCUT2D eigenvalue weighted by Gasteiger charge is -2.14. The molecule has 0 radical (unpaired) electrons. The Hall–Kier alpha value is -1.97. The van der Waals surface area contributed by atoms with E-state index in [-0.39, 0.29) is 6.10 Å². The Morgan fingerprint density at radius 2 is 2.10 bits per heavy atom. The van der Waals surface area contributed by atoms with Crippen LogP contribution in [0.3, 0.4) is 0 Å². The van der Waals surface area contributed by atoms with Crippen molar-refractivity contribution in [3.05, 3.63) is 41.2 Å². The predicted molar refractivity (Wildman–Crippen MR) is 86.8 cm³/mol. The standard InChI is InChI=1S/C17H25N3O/c1-6-12(2)21-16-9-7-8-15(10-16)18-11-17-13(3)19-20(5)14(17)4/h7-10,12,18H,6,11H2,1-5H3. The van der Waals surface area contributed by atoms with Crippen molar-refractivity contribution in [2.45, 2.75) is 46.8 Å². The topological polar surface area (TPSA) is 39.1 Å². The summed E-state index contributed by atoms with van der Waals surface area (Å²) in [7, 11) is 1.98. The molecule has 1 aromatic carbocycles. The Morgan fingerprint density at radius 1 is 1.33 bits per heavy atom. The van der Waals surface area contributed by atoms with Crippen LogP contribution in [0, 0.1) is 13.8 Å². The van der Waals surface area contributed by atoms with E-state index in [1.807, 2.05) is 36.9 Å². The zero-order valence-corrected chi connectivity index (χ0v) is 13.6. The number of rotatable bonds is 6. The van der Waals surface area contributed by atoms with Gasteiger partial charge in [0.1, 0.15) is 5.75 Å². The second-order valence-corrected chi connectivity index (χ2v) is 5.49. The van der Waals surface area contributed by atoms with Crippen LogP contribution >= 0.6 is 0 Å². The van der Waals surface area contributed by atoms with Crippen molar-refractivity contribution in [3.63, 3.8) is 0 Å². The van der Waals surface area contributed by atoms with Gasteiger partial charge in [0.2, 0.25) is 0 Å². The summed E-state index contributed by atoms with van der Waals surface area (Å²) >= 11 is 0. The first-order valence-corrected chi connectivity index (χ1v) is 7.51. The van der Waals surface area contributed by atoms with Crippen LogP contribution in [0.25, 0.3) is 0 Å². The first-order chi connectivity index (χ1) is 10.0. The molecule has 1 atom stereocenters. The van der Waals surface area contributed by atoms with E-state index in [2.05, 4.69) is 37.3 Å². The second-order valence-electron chi connectivity index (χ2n) is 5.49. The van der Waals surface area contributed by atoms with Crippen LogP contribution in [0.15, 0.2) is 24.3 Å². The molecule has 1 heterocycles. The van der Waals surface area contributed by atoms with Gasteiger partial charge in [0.25, 0.3) is 0 Å². The molecule has 0 saturated heterocycles. The van der Waals surface area contributed by atoms with Gasteiger partial charge in [-0.15, -0.1) is 0 Å². The Balaban J connectivity index is 2.05. The van der Waals surface area contributed by atoms with E-state index < -0.39 is 0 Å². The van der Waals surface area contributed by atoms with Gasteiger partial charge in [-0.3, -0.25) is 4.68 Å². The largest absolute Gasteiger partial charge is 0.491 e. The molecular formula is C17H25N3O. The maximum Gasteiger partial charge on any atom is 0.121 e. The van der Waals surface area contributed by atoms with Gasteiger partial charge in [-0.25, -0.2) is 0 Å². The fraction of sp³-hybridized carbons (Fsp3) is 0.471. The van der Waals surface area contributed by atoms with Gasteiger partial charge in [0, 0.05) is 36.6 Å². The maximum atomic E-state index is 5.85. The smallest absolute Gasteiger partial charge is 0.121 e. The average Bonchev–Trinajstić information content (AvgIpc) is 2.70. The Labute approximate surface area is 127 Å². The molecule has 0 aliphatic carbocycles. The summed E-state index contributed by atoms with van der Waals surface area (Å²) in [6.07, 6.45) is 1.24. The van der Waals surface area contributed by atoms with Crippen LogP contribution in [0.5, 0.6) is 5.75 Å². The fourth-order valence-electron chi connectivity index (χ4n) is 2.26. The van der Waals surface area contributed by atoms with Gasteiger partial charge < -0.3 is 10.1 Å². The SMILES string of the molecule is CCC(C)Oc1cccc(NCc2c(C)nn(C)c2C)c1. The monoisotopic (exact) mass is 287 g/mol. The summed E-state index contributed by atoms with van der Waals surface area (Å²) in [6.45, 7) is 9.13. The summed E-state index contributed by atoms with van der Waals surface area (Å²) in [5.41, 5.74) is 4.60. The molecule has 0 bridgehead atoms. The molecule has 21 heavy (non-hydrogen) atoms. The molecule has 0 spiro atoms. The highest BCUT2D eigenvalue weighted by atomic mass is 16.5. The molecule has 0 aliphatic rings. The lowest BCUT2D eigenvalue weighted by Crippen LogP contribution is -2.10. The van der Waals surface area contributed by atoms with E-state index >= 15 is 0 Å². The van der Waals surface area contributed by atoms with E-state index in [1.54, 1.807) is 0 Å². The number of anilines is 1. The zero-order chi connectivity index (χ0) is 15.4. The zero-order valence-electron chi connectivity index (χ0n) is 13.6. The van der Waals surface area contributed by atoms with Crippen molar-refractivity contribution in [2.24, 2.45) is 7.05 Å². The number of nitrogens with zero attached hydrogens (tertiary/aromatic N) is 2. The summed E-state index contributed by atoms with van der Waals surface area (Å²) in [5.74, 6) is 0.911. The van der Waals surface area contributed by atoms with Gasteiger partial charge in [-0.2, -0.15) is 5.10 Å². The van der Waals surface area contributed by atoms with Crippen LogP contribution in [-0.4, -0.2) is 15.9 Å². The van der Waals surface area contributed by atoms with Gasteiger partial charge >= 0.3 is 0 Å².